The molecule has 1 aliphatic rings. The summed E-state index contributed by atoms with van der Waals surface area (Å²) in [5.41, 5.74) is 9.04. The summed E-state index contributed by atoms with van der Waals surface area (Å²) in [5, 5.41) is 3.33. The van der Waals surface area contributed by atoms with Crippen LogP contribution in [-0.4, -0.2) is 25.0 Å². The summed E-state index contributed by atoms with van der Waals surface area (Å²) in [6, 6.07) is 13.7. The van der Waals surface area contributed by atoms with Crippen molar-refractivity contribution in [3.05, 3.63) is 53.6 Å². The summed E-state index contributed by atoms with van der Waals surface area (Å²) in [4.78, 5) is 24.4. The molecule has 1 heterocycles. The fourth-order valence-electron chi connectivity index (χ4n) is 2.67. The number of ether oxygens (including phenoxy) is 1. The number of rotatable bonds is 5. The molecule has 2 aromatic carbocycles. The molecule has 0 unspecified atom stereocenters. The molecule has 0 bridgehead atoms. The summed E-state index contributed by atoms with van der Waals surface area (Å²) < 4.78 is 5.48. The molecule has 0 atom stereocenters. The van der Waals surface area contributed by atoms with Crippen molar-refractivity contribution in [2.45, 2.75) is 13.5 Å². The number of aryl methyl sites for hydroxylation is 1. The standard InChI is InChI=1S/C18H19N3O3/c1-12-3-2-4-13(7-12)9-20-14-5-6-15-16(8-14)24-11-18(23)21(15)10-17(19)22/h2-8,20H,9-11H2,1H3,(H2,19,22). The van der Waals surface area contributed by atoms with E-state index in [1.54, 1.807) is 6.07 Å². The number of nitrogens with one attached hydrogen (secondary N) is 1. The number of fused-ring (bicyclic) bond motifs is 1. The van der Waals surface area contributed by atoms with Crippen molar-refractivity contribution in [2.24, 2.45) is 5.73 Å². The number of nitrogens with two attached hydrogens (primary N) is 1. The molecule has 0 fully saturated rings. The van der Waals surface area contributed by atoms with Crippen LogP contribution < -0.4 is 20.7 Å². The van der Waals surface area contributed by atoms with Crippen LogP contribution in [0.5, 0.6) is 5.75 Å². The number of amides is 2. The average Bonchev–Trinajstić information content (AvgIpc) is 2.55. The Labute approximate surface area is 140 Å². The Morgan fingerprint density at radius 2 is 2.12 bits per heavy atom. The first-order valence-electron chi connectivity index (χ1n) is 7.68. The Kier molecular flexibility index (Phi) is 4.37. The van der Waals surface area contributed by atoms with Crippen LogP contribution in [0.2, 0.25) is 0 Å². The van der Waals surface area contributed by atoms with E-state index in [-0.39, 0.29) is 19.1 Å². The van der Waals surface area contributed by atoms with Gasteiger partial charge in [-0.3, -0.25) is 14.5 Å². The van der Waals surface area contributed by atoms with Gasteiger partial charge in [-0.1, -0.05) is 29.8 Å². The van der Waals surface area contributed by atoms with Gasteiger partial charge >= 0.3 is 0 Å². The zero-order valence-electron chi connectivity index (χ0n) is 13.4. The molecule has 3 rings (SSSR count). The molecule has 0 radical (unpaired) electrons. The molecule has 0 saturated heterocycles. The van der Waals surface area contributed by atoms with Gasteiger partial charge in [-0.2, -0.15) is 0 Å². The molecule has 24 heavy (non-hydrogen) atoms. The second-order valence-electron chi connectivity index (χ2n) is 5.76. The Morgan fingerprint density at radius 1 is 1.29 bits per heavy atom. The summed E-state index contributed by atoms with van der Waals surface area (Å²) in [6.45, 7) is 2.50. The van der Waals surface area contributed by atoms with Gasteiger partial charge in [0.25, 0.3) is 5.91 Å². The van der Waals surface area contributed by atoms with E-state index in [9.17, 15) is 9.59 Å². The van der Waals surface area contributed by atoms with Crippen molar-refractivity contribution in [1.29, 1.82) is 0 Å². The third kappa shape index (κ3) is 3.48. The molecule has 3 N–H and O–H groups in total. The van der Waals surface area contributed by atoms with Crippen LogP contribution in [-0.2, 0) is 16.1 Å². The highest BCUT2D eigenvalue weighted by Gasteiger charge is 2.26. The SMILES string of the molecule is Cc1cccc(CNc2ccc3c(c2)OCC(=O)N3CC(N)=O)c1. The number of primary amides is 1. The van der Waals surface area contributed by atoms with Gasteiger partial charge < -0.3 is 15.8 Å². The maximum Gasteiger partial charge on any atom is 0.265 e. The second kappa shape index (κ2) is 6.62. The van der Waals surface area contributed by atoms with E-state index in [0.29, 0.717) is 18.0 Å². The number of anilines is 2. The number of benzene rings is 2. The van der Waals surface area contributed by atoms with E-state index in [0.717, 1.165) is 5.69 Å². The zero-order valence-corrected chi connectivity index (χ0v) is 13.4. The Bertz CT molecular complexity index is 789. The molecular formula is C18H19N3O3. The van der Waals surface area contributed by atoms with E-state index >= 15 is 0 Å². The van der Waals surface area contributed by atoms with E-state index in [4.69, 9.17) is 10.5 Å². The van der Waals surface area contributed by atoms with Gasteiger partial charge in [0.05, 0.1) is 5.69 Å². The van der Waals surface area contributed by atoms with Crippen LogP contribution in [0.25, 0.3) is 0 Å². The van der Waals surface area contributed by atoms with Gasteiger partial charge in [0.1, 0.15) is 12.3 Å². The predicted octanol–water partition coefficient (Wildman–Crippen LogP) is 1.82. The first kappa shape index (κ1) is 15.9. The third-order valence-corrected chi connectivity index (χ3v) is 3.80. The van der Waals surface area contributed by atoms with Crippen molar-refractivity contribution >= 4 is 23.2 Å². The molecule has 124 valence electrons. The molecule has 0 aromatic heterocycles. The normalized spacial score (nSPS) is 13.2. The van der Waals surface area contributed by atoms with Crippen LogP contribution in [0, 0.1) is 6.92 Å². The van der Waals surface area contributed by atoms with Gasteiger partial charge in [0.2, 0.25) is 5.91 Å². The van der Waals surface area contributed by atoms with Crippen molar-refractivity contribution < 1.29 is 14.3 Å². The number of carbonyl (C=O) groups is 2. The van der Waals surface area contributed by atoms with E-state index in [1.807, 2.05) is 18.2 Å². The summed E-state index contributed by atoms with van der Waals surface area (Å²) in [7, 11) is 0. The van der Waals surface area contributed by atoms with Gasteiger partial charge in [-0.25, -0.2) is 0 Å². The molecule has 2 amide bonds. The summed E-state index contributed by atoms with van der Waals surface area (Å²) in [6.07, 6.45) is 0. The van der Waals surface area contributed by atoms with Crippen LogP contribution in [0.4, 0.5) is 11.4 Å². The topological polar surface area (TPSA) is 84.7 Å². The van der Waals surface area contributed by atoms with Crippen LogP contribution in [0.3, 0.4) is 0 Å². The van der Waals surface area contributed by atoms with E-state index in [2.05, 4.69) is 30.4 Å². The summed E-state index contributed by atoms with van der Waals surface area (Å²) >= 11 is 0. The highest BCUT2D eigenvalue weighted by atomic mass is 16.5. The molecule has 2 aromatic rings. The third-order valence-electron chi connectivity index (χ3n) is 3.80. The minimum Gasteiger partial charge on any atom is -0.481 e. The Morgan fingerprint density at radius 3 is 2.88 bits per heavy atom. The van der Waals surface area contributed by atoms with Crippen molar-refractivity contribution in [3.8, 4) is 5.75 Å². The quantitative estimate of drug-likeness (QED) is 0.878. The van der Waals surface area contributed by atoms with Crippen LogP contribution >= 0.6 is 0 Å². The molecule has 0 spiro atoms. The summed E-state index contributed by atoms with van der Waals surface area (Å²) in [5.74, 6) is -0.273. The Balaban J connectivity index is 1.76. The maximum absolute atomic E-state index is 11.9. The van der Waals surface area contributed by atoms with Gasteiger partial charge in [0.15, 0.2) is 6.61 Å². The molecule has 6 heteroatoms. The van der Waals surface area contributed by atoms with Crippen molar-refractivity contribution in [3.63, 3.8) is 0 Å². The minimum absolute atomic E-state index is 0.0956. The van der Waals surface area contributed by atoms with Crippen LogP contribution in [0.1, 0.15) is 11.1 Å². The number of carbonyl (C=O) groups excluding carboxylic acids is 2. The molecule has 0 saturated carbocycles. The largest absolute Gasteiger partial charge is 0.481 e. The molecule has 0 aliphatic carbocycles. The zero-order chi connectivity index (χ0) is 17.1. The Hall–Kier alpha value is -3.02. The molecular weight excluding hydrogens is 306 g/mol. The van der Waals surface area contributed by atoms with Crippen molar-refractivity contribution in [1.82, 2.24) is 0 Å². The van der Waals surface area contributed by atoms with Crippen LogP contribution in [0.15, 0.2) is 42.5 Å². The van der Waals surface area contributed by atoms with E-state index in [1.165, 1.54) is 16.0 Å². The predicted molar refractivity (Wildman–Crippen MR) is 92.0 cm³/mol. The first-order valence-corrected chi connectivity index (χ1v) is 7.68. The van der Waals surface area contributed by atoms with E-state index < -0.39 is 5.91 Å². The lowest BCUT2D eigenvalue weighted by Crippen LogP contribution is -2.43. The highest BCUT2D eigenvalue weighted by Crippen LogP contribution is 2.34. The molecule has 1 aliphatic heterocycles. The van der Waals surface area contributed by atoms with Gasteiger partial charge in [-0.15, -0.1) is 0 Å². The maximum atomic E-state index is 11.9. The number of nitrogens with zero attached hydrogens (tertiary/aromatic N) is 1. The number of hydrogen-bond donors (Lipinski definition) is 2. The lowest BCUT2D eigenvalue weighted by atomic mass is 10.1. The smallest absolute Gasteiger partial charge is 0.265 e. The fraction of sp³-hybridized carbons (Fsp3) is 0.222. The number of hydrogen-bond acceptors (Lipinski definition) is 4. The average molecular weight is 325 g/mol. The molecule has 6 nitrogen and oxygen atoms in total. The lowest BCUT2D eigenvalue weighted by molar-refractivity contribution is -0.124. The van der Waals surface area contributed by atoms with Gasteiger partial charge in [-0.05, 0) is 24.6 Å². The highest BCUT2D eigenvalue weighted by molar-refractivity contribution is 6.02. The lowest BCUT2D eigenvalue weighted by Gasteiger charge is -2.28. The second-order valence-corrected chi connectivity index (χ2v) is 5.76. The minimum atomic E-state index is -0.558. The van der Waals surface area contributed by atoms with Gasteiger partial charge in [0, 0.05) is 18.3 Å². The first-order chi connectivity index (χ1) is 11.5. The van der Waals surface area contributed by atoms with Crippen molar-refractivity contribution in [2.75, 3.05) is 23.4 Å². The fourth-order valence-corrected chi connectivity index (χ4v) is 2.67. The monoisotopic (exact) mass is 325 g/mol.